The summed E-state index contributed by atoms with van der Waals surface area (Å²) < 4.78 is 42.4. The highest BCUT2D eigenvalue weighted by Crippen LogP contribution is 2.34. The third-order valence-electron chi connectivity index (χ3n) is 6.50. The van der Waals surface area contributed by atoms with Crippen molar-refractivity contribution in [2.24, 2.45) is 0 Å². The molecule has 0 bridgehead atoms. The second kappa shape index (κ2) is 9.98. The highest BCUT2D eigenvalue weighted by molar-refractivity contribution is 6.07. The Balaban J connectivity index is 1.46. The largest absolute Gasteiger partial charge is 0.416 e. The molecule has 0 aliphatic carbocycles. The van der Waals surface area contributed by atoms with Crippen LogP contribution in [0.5, 0.6) is 0 Å². The van der Waals surface area contributed by atoms with Crippen LogP contribution in [0.2, 0.25) is 0 Å². The summed E-state index contributed by atoms with van der Waals surface area (Å²) in [5, 5.41) is 5.52. The number of imidazole rings is 1. The topological polar surface area (TPSA) is 108 Å². The normalized spacial score (nSPS) is 13.3. The van der Waals surface area contributed by atoms with E-state index in [1.165, 1.54) is 26.8 Å². The van der Waals surface area contributed by atoms with Crippen molar-refractivity contribution >= 4 is 35.1 Å². The molecule has 0 spiro atoms. The quantitative estimate of drug-likeness (QED) is 0.355. The number of carbonyl (C=O) groups excluding carboxylic acids is 2. The average molecular weight is 551 g/mol. The molecule has 10 nitrogen and oxygen atoms in total. The van der Waals surface area contributed by atoms with Gasteiger partial charge in [-0.3, -0.25) is 14.6 Å². The molecule has 206 valence electrons. The van der Waals surface area contributed by atoms with E-state index in [1.54, 1.807) is 51.6 Å². The number of nitrogens with zero attached hydrogens (tertiary/aromatic N) is 6. The lowest BCUT2D eigenvalue weighted by Crippen LogP contribution is -2.46. The van der Waals surface area contributed by atoms with Gasteiger partial charge in [-0.25, -0.2) is 14.8 Å². The van der Waals surface area contributed by atoms with Crippen molar-refractivity contribution in [3.8, 4) is 5.69 Å². The monoisotopic (exact) mass is 550 g/mol. The number of anilines is 4. The molecule has 1 aliphatic rings. The number of alkyl halides is 3. The molecule has 13 heteroatoms. The number of amides is 3. The molecule has 40 heavy (non-hydrogen) atoms. The Labute approximate surface area is 227 Å². The summed E-state index contributed by atoms with van der Waals surface area (Å²) in [7, 11) is 3.29. The molecule has 5 rings (SSSR count). The fourth-order valence-corrected chi connectivity index (χ4v) is 4.42. The molecule has 0 unspecified atom stereocenters. The van der Waals surface area contributed by atoms with Crippen LogP contribution in [0.15, 0.2) is 55.1 Å². The van der Waals surface area contributed by atoms with Crippen molar-refractivity contribution in [2.45, 2.75) is 26.6 Å². The van der Waals surface area contributed by atoms with Gasteiger partial charge in [0, 0.05) is 49.0 Å². The summed E-state index contributed by atoms with van der Waals surface area (Å²) in [5.41, 5.74) is 1.94. The van der Waals surface area contributed by atoms with Crippen molar-refractivity contribution in [1.29, 1.82) is 0 Å². The van der Waals surface area contributed by atoms with Gasteiger partial charge in [-0.1, -0.05) is 6.07 Å². The molecule has 4 aromatic rings. The fraction of sp³-hybridized carbons (Fsp3) is 0.222. The predicted molar refractivity (Wildman–Crippen MR) is 144 cm³/mol. The van der Waals surface area contributed by atoms with Crippen LogP contribution < -0.4 is 20.4 Å². The van der Waals surface area contributed by atoms with Gasteiger partial charge in [-0.15, -0.1) is 0 Å². The molecule has 0 saturated heterocycles. The van der Waals surface area contributed by atoms with Crippen LogP contribution in [0.4, 0.5) is 41.1 Å². The van der Waals surface area contributed by atoms with Crippen molar-refractivity contribution in [3.63, 3.8) is 0 Å². The van der Waals surface area contributed by atoms with Crippen LogP contribution in [-0.2, 0) is 12.7 Å². The number of halogens is 3. The first-order valence-electron chi connectivity index (χ1n) is 12.2. The zero-order chi connectivity index (χ0) is 28.8. The third-order valence-corrected chi connectivity index (χ3v) is 6.50. The van der Waals surface area contributed by atoms with Gasteiger partial charge in [0.25, 0.3) is 5.91 Å². The Morgan fingerprint density at radius 2 is 1.85 bits per heavy atom. The maximum atomic E-state index is 13.7. The number of carbonyl (C=O) groups is 2. The number of benzene rings is 2. The molecule has 2 aromatic heterocycles. The highest BCUT2D eigenvalue weighted by atomic mass is 19.4. The molecule has 0 saturated carbocycles. The van der Waals surface area contributed by atoms with Gasteiger partial charge in [0.15, 0.2) is 0 Å². The smallest absolute Gasteiger partial charge is 0.357 e. The molecule has 3 heterocycles. The number of urea groups is 1. The number of rotatable bonds is 5. The summed E-state index contributed by atoms with van der Waals surface area (Å²) in [6, 6.07) is 7.75. The maximum Gasteiger partial charge on any atom is 0.416 e. The molecule has 0 radical (unpaired) electrons. The van der Waals surface area contributed by atoms with E-state index in [4.69, 9.17) is 0 Å². The minimum atomic E-state index is -4.66. The lowest BCUT2D eigenvalue weighted by atomic mass is 10.1. The summed E-state index contributed by atoms with van der Waals surface area (Å²) in [6.45, 7) is 3.72. The fourth-order valence-electron chi connectivity index (χ4n) is 4.42. The molecule has 0 atom stereocenters. The van der Waals surface area contributed by atoms with Gasteiger partial charge in [0.1, 0.15) is 5.82 Å². The van der Waals surface area contributed by atoms with Gasteiger partial charge in [0.05, 0.1) is 29.8 Å². The number of aromatic nitrogens is 4. The van der Waals surface area contributed by atoms with Crippen LogP contribution in [0.3, 0.4) is 0 Å². The Hall–Kier alpha value is -4.94. The van der Waals surface area contributed by atoms with E-state index in [1.807, 2.05) is 6.92 Å². The Morgan fingerprint density at radius 3 is 2.52 bits per heavy atom. The van der Waals surface area contributed by atoms with E-state index in [-0.39, 0.29) is 23.8 Å². The molecule has 0 fully saturated rings. The summed E-state index contributed by atoms with van der Waals surface area (Å²) in [4.78, 5) is 42.1. The Kier molecular flexibility index (Phi) is 6.65. The second-order valence-electron chi connectivity index (χ2n) is 9.36. The molecular weight excluding hydrogens is 525 g/mol. The van der Waals surface area contributed by atoms with Gasteiger partial charge < -0.3 is 15.2 Å². The van der Waals surface area contributed by atoms with Gasteiger partial charge in [-0.2, -0.15) is 18.2 Å². The van der Waals surface area contributed by atoms with Crippen LogP contribution in [-0.4, -0.2) is 45.6 Å². The SMILES string of the molecule is CNc1ncc2c(n1)N(C)C(=O)N(c1cc(NC(=O)c3cc(-n4cnc(C)c4)cc(C(F)(F)F)c3)ccc1C)C2. The van der Waals surface area contributed by atoms with E-state index in [2.05, 4.69) is 25.6 Å². The van der Waals surface area contributed by atoms with Crippen molar-refractivity contribution < 1.29 is 22.8 Å². The first-order valence-corrected chi connectivity index (χ1v) is 12.2. The highest BCUT2D eigenvalue weighted by Gasteiger charge is 2.33. The standard InChI is InChI=1S/C27H25F3N8O2/c1-15-5-6-20(10-22(15)38-13-18-11-32-25(31-3)35-23(18)36(4)26(38)40)34-24(39)17-7-19(27(28,29)30)9-21(8-17)37-12-16(2)33-14-37/h5-12,14H,13H2,1-4H3,(H,34,39)(H,31,32,35). The molecule has 1 aliphatic heterocycles. The Morgan fingerprint density at radius 1 is 1.07 bits per heavy atom. The molecule has 2 aromatic carbocycles. The molecule has 3 amide bonds. The first kappa shape index (κ1) is 26.7. The van der Waals surface area contributed by atoms with Crippen molar-refractivity contribution in [1.82, 2.24) is 19.5 Å². The predicted octanol–water partition coefficient (Wildman–Crippen LogP) is 5.17. The maximum absolute atomic E-state index is 13.7. The number of hydrogen-bond acceptors (Lipinski definition) is 6. The van der Waals surface area contributed by atoms with Crippen molar-refractivity contribution in [3.05, 3.63) is 83.1 Å². The van der Waals surface area contributed by atoms with Crippen LogP contribution in [0, 0.1) is 13.8 Å². The minimum absolute atomic E-state index is 0.148. The van der Waals surface area contributed by atoms with Gasteiger partial charge in [0.2, 0.25) is 5.95 Å². The van der Waals surface area contributed by atoms with E-state index in [0.717, 1.165) is 23.3 Å². The van der Waals surface area contributed by atoms with Gasteiger partial charge in [-0.05, 0) is 49.7 Å². The molecular formula is C27H25F3N8O2. The van der Waals surface area contributed by atoms with Crippen LogP contribution in [0.25, 0.3) is 5.69 Å². The van der Waals surface area contributed by atoms with E-state index in [0.29, 0.717) is 28.8 Å². The lowest BCUT2D eigenvalue weighted by Gasteiger charge is -2.35. The summed E-state index contributed by atoms with van der Waals surface area (Å²) in [5.74, 6) is 0.129. The van der Waals surface area contributed by atoms with E-state index < -0.39 is 17.6 Å². The molecule has 2 N–H and O–H groups in total. The number of nitrogens with one attached hydrogen (secondary N) is 2. The van der Waals surface area contributed by atoms with Crippen LogP contribution in [0.1, 0.15) is 32.7 Å². The Bertz CT molecular complexity index is 1630. The number of fused-ring (bicyclic) bond motifs is 1. The third kappa shape index (κ3) is 5.05. The number of aryl methyl sites for hydroxylation is 2. The zero-order valence-corrected chi connectivity index (χ0v) is 22.0. The van der Waals surface area contributed by atoms with E-state index in [9.17, 15) is 22.8 Å². The zero-order valence-electron chi connectivity index (χ0n) is 22.0. The second-order valence-corrected chi connectivity index (χ2v) is 9.36. The van der Waals surface area contributed by atoms with Crippen molar-refractivity contribution in [2.75, 3.05) is 34.5 Å². The summed E-state index contributed by atoms with van der Waals surface area (Å²) >= 11 is 0. The number of hydrogen-bond donors (Lipinski definition) is 2. The first-order chi connectivity index (χ1) is 18.9. The van der Waals surface area contributed by atoms with Gasteiger partial charge >= 0.3 is 12.2 Å². The average Bonchev–Trinajstić information content (AvgIpc) is 3.37. The summed E-state index contributed by atoms with van der Waals surface area (Å²) in [6.07, 6.45) is -0.0721. The van der Waals surface area contributed by atoms with Crippen LogP contribution >= 0.6 is 0 Å². The lowest BCUT2D eigenvalue weighted by molar-refractivity contribution is -0.137. The van der Waals surface area contributed by atoms with E-state index >= 15 is 0 Å². The minimum Gasteiger partial charge on any atom is -0.357 e.